The summed E-state index contributed by atoms with van der Waals surface area (Å²) in [5.41, 5.74) is 2.55. The number of rotatable bonds is 6. The highest BCUT2D eigenvalue weighted by atomic mass is 32.2. The van der Waals surface area contributed by atoms with Gasteiger partial charge in [-0.25, -0.2) is 13.3 Å². The summed E-state index contributed by atoms with van der Waals surface area (Å²) >= 11 is 0. The first-order valence-corrected chi connectivity index (χ1v) is 11.7. The smallest absolute Gasteiger partial charge is 0.252 e. The number of amides is 2. The minimum atomic E-state index is -3.88. The van der Waals surface area contributed by atoms with E-state index in [1.165, 1.54) is 4.31 Å². The van der Waals surface area contributed by atoms with Crippen LogP contribution in [-0.2, 0) is 19.6 Å². The summed E-state index contributed by atoms with van der Waals surface area (Å²) in [6.07, 6.45) is 1.27. The van der Waals surface area contributed by atoms with E-state index in [-0.39, 0.29) is 23.3 Å². The Labute approximate surface area is 177 Å². The zero-order chi connectivity index (χ0) is 21.6. The normalized spacial score (nSPS) is 19.9. The molecule has 4 rings (SSSR count). The number of carbonyl (C=O) groups is 2. The van der Waals surface area contributed by atoms with E-state index in [9.17, 15) is 18.0 Å². The molecule has 7 heteroatoms. The van der Waals surface area contributed by atoms with E-state index in [1.54, 1.807) is 36.4 Å². The number of sulfonamides is 1. The lowest BCUT2D eigenvalue weighted by molar-refractivity contribution is -0.122. The van der Waals surface area contributed by atoms with Crippen LogP contribution in [0.5, 0.6) is 0 Å². The van der Waals surface area contributed by atoms with Crippen molar-refractivity contribution in [2.75, 3.05) is 4.90 Å². The molecule has 1 unspecified atom stereocenters. The van der Waals surface area contributed by atoms with Gasteiger partial charge >= 0.3 is 0 Å². The van der Waals surface area contributed by atoms with Gasteiger partial charge in [-0.2, -0.15) is 4.31 Å². The van der Waals surface area contributed by atoms with Crippen LogP contribution in [0.2, 0.25) is 0 Å². The fraction of sp³-hybridized carbons (Fsp3) is 0.391. The van der Waals surface area contributed by atoms with Crippen molar-refractivity contribution < 1.29 is 18.0 Å². The van der Waals surface area contributed by atoms with E-state index in [0.717, 1.165) is 16.0 Å². The van der Waals surface area contributed by atoms with Gasteiger partial charge in [0.15, 0.2) is 0 Å². The predicted octanol–water partition coefficient (Wildman–Crippen LogP) is 3.60. The second kappa shape index (κ2) is 7.63. The highest BCUT2D eigenvalue weighted by molar-refractivity contribution is 7.89. The van der Waals surface area contributed by atoms with Gasteiger partial charge in [0.05, 0.1) is 17.0 Å². The fourth-order valence-electron chi connectivity index (χ4n) is 3.87. The second-order valence-corrected chi connectivity index (χ2v) is 10.3. The predicted molar refractivity (Wildman–Crippen MR) is 115 cm³/mol. The summed E-state index contributed by atoms with van der Waals surface area (Å²) in [5, 5.41) is 0. The molecule has 1 saturated carbocycles. The van der Waals surface area contributed by atoms with Gasteiger partial charge in [-0.15, -0.1) is 0 Å². The molecule has 2 aromatic carbocycles. The number of carbonyl (C=O) groups excluding carboxylic acids is 2. The lowest BCUT2D eigenvalue weighted by atomic mass is 10.0. The summed E-state index contributed by atoms with van der Waals surface area (Å²) in [4.78, 5) is 27.3. The summed E-state index contributed by atoms with van der Waals surface area (Å²) in [6, 6.07) is 12.7. The first-order chi connectivity index (χ1) is 14.2. The van der Waals surface area contributed by atoms with Crippen molar-refractivity contribution >= 4 is 27.5 Å². The molecule has 158 valence electrons. The molecule has 2 fully saturated rings. The van der Waals surface area contributed by atoms with Crippen LogP contribution in [0.1, 0.15) is 50.2 Å². The van der Waals surface area contributed by atoms with E-state index >= 15 is 0 Å². The van der Waals surface area contributed by atoms with Crippen molar-refractivity contribution in [3.8, 4) is 0 Å². The Morgan fingerprint density at radius 1 is 0.967 bits per heavy atom. The molecular weight excluding hydrogens is 400 g/mol. The van der Waals surface area contributed by atoms with Crippen LogP contribution in [0.15, 0.2) is 53.4 Å². The fourth-order valence-corrected chi connectivity index (χ4v) is 5.70. The average molecular weight is 427 g/mol. The SMILES string of the molecule is Cc1ccc(S(=O)(=O)N(C2CC2)C2CC(=O)N(c3ccc(C(C)C)cc3)C2=O)cc1. The van der Waals surface area contributed by atoms with Gasteiger partial charge in [0.25, 0.3) is 5.91 Å². The number of nitrogens with zero attached hydrogens (tertiary/aromatic N) is 2. The van der Waals surface area contributed by atoms with Crippen LogP contribution in [0.25, 0.3) is 0 Å². The van der Waals surface area contributed by atoms with Crippen LogP contribution in [0, 0.1) is 6.92 Å². The summed E-state index contributed by atoms with van der Waals surface area (Å²) in [5.74, 6) is -0.506. The molecule has 2 aliphatic rings. The quantitative estimate of drug-likeness (QED) is 0.662. The summed E-state index contributed by atoms with van der Waals surface area (Å²) in [7, 11) is -3.88. The Kier molecular flexibility index (Phi) is 5.28. The molecule has 1 heterocycles. The third kappa shape index (κ3) is 3.68. The molecular formula is C23H26N2O4S. The minimum Gasteiger partial charge on any atom is -0.274 e. The molecule has 1 atom stereocenters. The lowest BCUT2D eigenvalue weighted by Gasteiger charge is -2.27. The van der Waals surface area contributed by atoms with Crippen LogP contribution in [0.4, 0.5) is 5.69 Å². The highest BCUT2D eigenvalue weighted by Gasteiger charge is 2.51. The van der Waals surface area contributed by atoms with Crippen molar-refractivity contribution in [2.45, 2.75) is 62.9 Å². The van der Waals surface area contributed by atoms with E-state index in [2.05, 4.69) is 13.8 Å². The number of aryl methyl sites for hydroxylation is 1. The lowest BCUT2D eigenvalue weighted by Crippen LogP contribution is -2.46. The van der Waals surface area contributed by atoms with Gasteiger partial charge in [0, 0.05) is 6.04 Å². The average Bonchev–Trinajstić information content (AvgIpc) is 3.48. The molecule has 0 bridgehead atoms. The molecule has 0 N–H and O–H groups in total. The molecule has 0 spiro atoms. The maximum Gasteiger partial charge on any atom is 0.252 e. The molecule has 30 heavy (non-hydrogen) atoms. The van der Waals surface area contributed by atoms with Crippen LogP contribution >= 0.6 is 0 Å². The molecule has 2 amide bonds. The highest BCUT2D eigenvalue weighted by Crippen LogP contribution is 2.38. The van der Waals surface area contributed by atoms with Crippen molar-refractivity contribution in [2.24, 2.45) is 0 Å². The second-order valence-electron chi connectivity index (χ2n) is 8.41. The van der Waals surface area contributed by atoms with Gasteiger partial charge in [-0.05, 0) is 55.5 Å². The zero-order valence-corrected chi connectivity index (χ0v) is 18.2. The Hall–Kier alpha value is -2.51. The Morgan fingerprint density at radius 3 is 2.10 bits per heavy atom. The van der Waals surface area contributed by atoms with Crippen molar-refractivity contribution in [3.05, 3.63) is 59.7 Å². The van der Waals surface area contributed by atoms with Crippen LogP contribution in [-0.4, -0.2) is 36.6 Å². The van der Waals surface area contributed by atoms with E-state index < -0.39 is 22.0 Å². The molecule has 1 aliphatic heterocycles. The van der Waals surface area contributed by atoms with Gasteiger partial charge in [0.2, 0.25) is 15.9 Å². The maximum absolute atomic E-state index is 13.4. The first-order valence-electron chi connectivity index (χ1n) is 10.3. The summed E-state index contributed by atoms with van der Waals surface area (Å²) in [6.45, 7) is 6.03. The van der Waals surface area contributed by atoms with Gasteiger partial charge in [-0.3, -0.25) is 9.59 Å². The molecule has 0 aromatic heterocycles. The van der Waals surface area contributed by atoms with Crippen molar-refractivity contribution in [1.29, 1.82) is 0 Å². The third-order valence-corrected chi connectivity index (χ3v) is 7.73. The Morgan fingerprint density at radius 2 is 1.57 bits per heavy atom. The minimum absolute atomic E-state index is 0.133. The first kappa shape index (κ1) is 20.8. The molecule has 2 aromatic rings. The third-order valence-electron chi connectivity index (χ3n) is 5.75. The number of benzene rings is 2. The standard InChI is InChI=1S/C23H26N2O4S/c1-15(2)17-6-8-18(9-7-17)24-22(26)14-21(23(24)27)25(19-10-11-19)30(28,29)20-12-4-16(3)5-13-20/h4-9,12-13,15,19,21H,10-11,14H2,1-3H3. The number of anilines is 1. The molecule has 6 nitrogen and oxygen atoms in total. The van der Waals surface area contributed by atoms with E-state index in [4.69, 9.17) is 0 Å². The van der Waals surface area contributed by atoms with Crippen LogP contribution < -0.4 is 4.90 Å². The van der Waals surface area contributed by atoms with Crippen molar-refractivity contribution in [1.82, 2.24) is 4.31 Å². The number of hydrogen-bond donors (Lipinski definition) is 0. The Bertz CT molecular complexity index is 1070. The monoisotopic (exact) mass is 426 g/mol. The van der Waals surface area contributed by atoms with Crippen LogP contribution in [0.3, 0.4) is 0 Å². The summed E-state index contributed by atoms with van der Waals surface area (Å²) < 4.78 is 28.0. The van der Waals surface area contributed by atoms with Gasteiger partial charge in [0.1, 0.15) is 6.04 Å². The molecule has 1 saturated heterocycles. The topological polar surface area (TPSA) is 74.8 Å². The van der Waals surface area contributed by atoms with Crippen molar-refractivity contribution in [3.63, 3.8) is 0 Å². The number of hydrogen-bond acceptors (Lipinski definition) is 4. The number of imide groups is 1. The largest absolute Gasteiger partial charge is 0.274 e. The Balaban J connectivity index is 1.66. The van der Waals surface area contributed by atoms with Gasteiger partial charge < -0.3 is 0 Å². The zero-order valence-electron chi connectivity index (χ0n) is 17.4. The van der Waals surface area contributed by atoms with E-state index in [1.807, 2.05) is 19.1 Å². The van der Waals surface area contributed by atoms with Gasteiger partial charge in [-0.1, -0.05) is 43.7 Å². The molecule has 0 radical (unpaired) electrons. The molecule has 1 aliphatic carbocycles. The van der Waals surface area contributed by atoms with E-state index in [0.29, 0.717) is 24.4 Å². The maximum atomic E-state index is 13.4.